The topological polar surface area (TPSA) is 76.7 Å². The molecule has 27 heavy (non-hydrogen) atoms. The van der Waals surface area contributed by atoms with Gasteiger partial charge in [0.2, 0.25) is 5.91 Å². The SMILES string of the molecule is CC(C)(C)OC(=O)NC/C(=C/F)COc1ccc2c(c1)CCCCC(=O)N2. The molecular formula is C20H27FN2O4. The molecule has 0 saturated heterocycles. The van der Waals surface area contributed by atoms with E-state index in [-0.39, 0.29) is 24.6 Å². The van der Waals surface area contributed by atoms with Crippen molar-refractivity contribution in [2.24, 2.45) is 0 Å². The van der Waals surface area contributed by atoms with Crippen molar-refractivity contribution in [1.29, 1.82) is 0 Å². The lowest BCUT2D eigenvalue weighted by Crippen LogP contribution is -2.34. The van der Waals surface area contributed by atoms with Gasteiger partial charge >= 0.3 is 6.09 Å². The van der Waals surface area contributed by atoms with Gasteiger partial charge in [-0.3, -0.25) is 4.79 Å². The van der Waals surface area contributed by atoms with E-state index in [9.17, 15) is 14.0 Å². The normalized spacial score (nSPS) is 15.1. The van der Waals surface area contributed by atoms with Crippen molar-refractivity contribution in [2.75, 3.05) is 18.5 Å². The fourth-order valence-corrected chi connectivity index (χ4v) is 2.60. The smallest absolute Gasteiger partial charge is 0.407 e. The molecule has 0 aromatic heterocycles. The van der Waals surface area contributed by atoms with Gasteiger partial charge in [0.1, 0.15) is 18.0 Å². The molecule has 2 rings (SSSR count). The quantitative estimate of drug-likeness (QED) is 0.808. The first-order valence-electron chi connectivity index (χ1n) is 9.07. The van der Waals surface area contributed by atoms with E-state index >= 15 is 0 Å². The summed E-state index contributed by atoms with van der Waals surface area (Å²) < 4.78 is 23.8. The van der Waals surface area contributed by atoms with E-state index in [1.807, 2.05) is 6.07 Å². The van der Waals surface area contributed by atoms with Crippen LogP contribution in [0, 0.1) is 0 Å². The number of carbonyl (C=O) groups is 2. The molecular weight excluding hydrogens is 351 g/mol. The number of hydrogen-bond acceptors (Lipinski definition) is 4. The van der Waals surface area contributed by atoms with E-state index in [0.29, 0.717) is 18.5 Å². The number of ether oxygens (including phenoxy) is 2. The minimum atomic E-state index is -0.615. The van der Waals surface area contributed by atoms with E-state index in [2.05, 4.69) is 10.6 Å². The zero-order valence-electron chi connectivity index (χ0n) is 16.1. The summed E-state index contributed by atoms with van der Waals surface area (Å²) in [5.41, 5.74) is 1.45. The maximum atomic E-state index is 13.1. The van der Waals surface area contributed by atoms with Crippen molar-refractivity contribution in [3.8, 4) is 5.75 Å². The Bertz CT molecular complexity index is 710. The monoisotopic (exact) mass is 378 g/mol. The Balaban J connectivity index is 1.90. The first-order valence-corrected chi connectivity index (χ1v) is 9.07. The summed E-state index contributed by atoms with van der Waals surface area (Å²) in [5, 5.41) is 5.39. The van der Waals surface area contributed by atoms with E-state index in [1.54, 1.807) is 32.9 Å². The Morgan fingerprint density at radius 2 is 2.04 bits per heavy atom. The Hall–Kier alpha value is -2.57. The predicted molar refractivity (Wildman–Crippen MR) is 102 cm³/mol. The van der Waals surface area contributed by atoms with Crippen LogP contribution in [0.4, 0.5) is 14.9 Å². The molecule has 0 radical (unpaired) electrons. The molecule has 1 aromatic carbocycles. The molecule has 0 fully saturated rings. The molecule has 6 nitrogen and oxygen atoms in total. The zero-order valence-corrected chi connectivity index (χ0v) is 16.1. The Morgan fingerprint density at radius 1 is 1.30 bits per heavy atom. The predicted octanol–water partition coefficient (Wildman–Crippen LogP) is 4.11. The van der Waals surface area contributed by atoms with Gasteiger partial charge in [0.15, 0.2) is 0 Å². The van der Waals surface area contributed by atoms with Crippen LogP contribution in [0.1, 0.15) is 45.6 Å². The lowest BCUT2D eigenvalue weighted by atomic mass is 10.0. The van der Waals surface area contributed by atoms with Crippen LogP contribution in [0.15, 0.2) is 30.1 Å². The molecule has 1 aliphatic heterocycles. The van der Waals surface area contributed by atoms with Gasteiger partial charge in [-0.05, 0) is 63.8 Å². The highest BCUT2D eigenvalue weighted by atomic mass is 19.1. The van der Waals surface area contributed by atoms with Gasteiger partial charge in [0.05, 0.1) is 6.33 Å². The molecule has 0 bridgehead atoms. The molecule has 1 aliphatic rings. The van der Waals surface area contributed by atoms with Crippen molar-refractivity contribution < 1.29 is 23.5 Å². The van der Waals surface area contributed by atoms with Gasteiger partial charge in [0.25, 0.3) is 0 Å². The number of aryl methyl sites for hydroxylation is 1. The summed E-state index contributed by atoms with van der Waals surface area (Å²) in [6.45, 7) is 5.25. The number of benzene rings is 1. The Labute approximate surface area is 159 Å². The second kappa shape index (κ2) is 9.39. The average molecular weight is 378 g/mol. The Kier molecular flexibility index (Phi) is 7.21. The first-order chi connectivity index (χ1) is 12.8. The van der Waals surface area contributed by atoms with Gasteiger partial charge in [0, 0.05) is 24.2 Å². The molecule has 0 spiro atoms. The number of hydrogen-bond donors (Lipinski definition) is 2. The summed E-state index contributed by atoms with van der Waals surface area (Å²) in [6, 6.07) is 5.39. The highest BCUT2D eigenvalue weighted by molar-refractivity contribution is 5.91. The number of nitrogens with one attached hydrogen (secondary N) is 2. The highest BCUT2D eigenvalue weighted by Crippen LogP contribution is 2.26. The number of fused-ring (bicyclic) bond motifs is 1. The first kappa shape index (κ1) is 20.7. The number of rotatable bonds is 5. The summed E-state index contributed by atoms with van der Waals surface area (Å²) in [4.78, 5) is 23.4. The summed E-state index contributed by atoms with van der Waals surface area (Å²) in [6.07, 6.45) is 2.97. The van der Waals surface area contributed by atoms with Crippen molar-refractivity contribution in [3.63, 3.8) is 0 Å². The molecule has 1 aromatic rings. The fraction of sp³-hybridized carbons (Fsp3) is 0.500. The second-order valence-electron chi connectivity index (χ2n) is 7.49. The molecule has 7 heteroatoms. The third kappa shape index (κ3) is 7.29. The van der Waals surface area contributed by atoms with Crippen molar-refractivity contribution in [2.45, 2.75) is 52.1 Å². The third-order valence-electron chi connectivity index (χ3n) is 3.89. The van der Waals surface area contributed by atoms with Crippen LogP contribution < -0.4 is 15.4 Å². The van der Waals surface area contributed by atoms with Crippen LogP contribution in [0.25, 0.3) is 0 Å². The molecule has 2 amide bonds. The van der Waals surface area contributed by atoms with E-state index < -0.39 is 11.7 Å². The minimum Gasteiger partial charge on any atom is -0.489 e. The van der Waals surface area contributed by atoms with Crippen LogP contribution in [0.2, 0.25) is 0 Å². The van der Waals surface area contributed by atoms with E-state index in [1.165, 1.54) is 0 Å². The average Bonchev–Trinajstić information content (AvgIpc) is 2.57. The molecule has 1 heterocycles. The molecule has 2 N–H and O–H groups in total. The van der Waals surface area contributed by atoms with Gasteiger partial charge in [-0.2, -0.15) is 0 Å². The maximum absolute atomic E-state index is 13.1. The van der Waals surface area contributed by atoms with Gasteiger partial charge in [-0.25, -0.2) is 9.18 Å². The Morgan fingerprint density at radius 3 is 2.74 bits per heavy atom. The van der Waals surface area contributed by atoms with Gasteiger partial charge < -0.3 is 20.1 Å². The van der Waals surface area contributed by atoms with E-state index in [4.69, 9.17) is 9.47 Å². The van der Waals surface area contributed by atoms with Gasteiger partial charge in [-0.1, -0.05) is 0 Å². The van der Waals surface area contributed by atoms with Crippen LogP contribution in [0.5, 0.6) is 5.75 Å². The highest BCUT2D eigenvalue weighted by Gasteiger charge is 2.16. The number of alkyl carbamates (subject to hydrolysis) is 1. The molecule has 0 unspecified atom stereocenters. The lowest BCUT2D eigenvalue weighted by molar-refractivity contribution is -0.116. The number of amides is 2. The number of anilines is 1. The largest absolute Gasteiger partial charge is 0.489 e. The molecule has 148 valence electrons. The van der Waals surface area contributed by atoms with Crippen LogP contribution in [-0.2, 0) is 16.0 Å². The van der Waals surface area contributed by atoms with Crippen molar-refractivity contribution >= 4 is 17.7 Å². The number of halogens is 1. The van der Waals surface area contributed by atoms with Crippen molar-refractivity contribution in [1.82, 2.24) is 5.32 Å². The van der Waals surface area contributed by atoms with Crippen molar-refractivity contribution in [3.05, 3.63) is 35.7 Å². The summed E-state index contributed by atoms with van der Waals surface area (Å²) >= 11 is 0. The van der Waals surface area contributed by atoms with Gasteiger partial charge in [-0.15, -0.1) is 0 Å². The second-order valence-corrected chi connectivity index (χ2v) is 7.49. The molecule has 0 atom stereocenters. The third-order valence-corrected chi connectivity index (χ3v) is 3.89. The van der Waals surface area contributed by atoms with Crippen LogP contribution in [-0.4, -0.2) is 30.8 Å². The van der Waals surface area contributed by atoms with Crippen LogP contribution >= 0.6 is 0 Å². The maximum Gasteiger partial charge on any atom is 0.407 e. The number of carbonyl (C=O) groups excluding carboxylic acids is 2. The molecule has 0 saturated carbocycles. The van der Waals surface area contributed by atoms with Crippen LogP contribution in [0.3, 0.4) is 0 Å². The molecule has 0 aliphatic carbocycles. The zero-order chi connectivity index (χ0) is 19.9. The summed E-state index contributed by atoms with van der Waals surface area (Å²) in [7, 11) is 0. The summed E-state index contributed by atoms with van der Waals surface area (Å²) in [5.74, 6) is 0.598. The lowest BCUT2D eigenvalue weighted by Gasteiger charge is -2.20. The van der Waals surface area contributed by atoms with E-state index in [0.717, 1.165) is 30.5 Å². The minimum absolute atomic E-state index is 0.00254. The standard InChI is InChI=1S/C20H27FN2O4/c1-20(2,3)27-19(25)22-12-14(11-21)13-26-16-8-9-17-15(10-16)6-4-5-7-18(24)23-17/h8-11H,4-7,12-13H2,1-3H3,(H,22,25)(H,23,24)/b14-11-. The fourth-order valence-electron chi connectivity index (χ4n) is 2.60.